The average Bonchev–Trinajstić information content (AvgIpc) is 2.86. The van der Waals surface area contributed by atoms with Crippen LogP contribution in [0.5, 0.6) is 0 Å². The van der Waals surface area contributed by atoms with E-state index in [-0.39, 0.29) is 17.3 Å². The van der Waals surface area contributed by atoms with E-state index in [1.807, 2.05) is 38.1 Å². The molecular weight excluding hydrogens is 354 g/mol. The van der Waals surface area contributed by atoms with Crippen molar-refractivity contribution < 1.29 is 14.3 Å². The lowest BCUT2D eigenvalue weighted by Gasteiger charge is -2.08. The van der Waals surface area contributed by atoms with Gasteiger partial charge in [-0.1, -0.05) is 44.5 Å². The molecule has 2 aromatic rings. The van der Waals surface area contributed by atoms with Gasteiger partial charge in [0.2, 0.25) is 0 Å². The average molecular weight is 378 g/mol. The van der Waals surface area contributed by atoms with Crippen molar-refractivity contribution in [2.45, 2.75) is 40.7 Å². The molecule has 0 saturated carbocycles. The summed E-state index contributed by atoms with van der Waals surface area (Å²) < 4.78 is 6.68. The van der Waals surface area contributed by atoms with Gasteiger partial charge >= 0.3 is 5.97 Å². The van der Waals surface area contributed by atoms with E-state index in [4.69, 9.17) is 16.3 Å². The molecular formula is C19H24ClN3O3. The summed E-state index contributed by atoms with van der Waals surface area (Å²) in [7, 11) is 0. The molecule has 0 radical (unpaired) electrons. The molecule has 1 heterocycles. The second kappa shape index (κ2) is 8.85. The molecule has 1 aromatic heterocycles. The highest BCUT2D eigenvalue weighted by molar-refractivity contribution is 6.32. The van der Waals surface area contributed by atoms with E-state index in [1.54, 1.807) is 11.6 Å². The number of nitrogens with one attached hydrogen (secondary N) is 1. The van der Waals surface area contributed by atoms with E-state index < -0.39 is 11.9 Å². The predicted molar refractivity (Wildman–Crippen MR) is 102 cm³/mol. The number of anilines is 1. The molecule has 0 aliphatic carbocycles. The van der Waals surface area contributed by atoms with E-state index in [0.717, 1.165) is 6.42 Å². The Kier molecular flexibility index (Phi) is 6.80. The number of amides is 1. The van der Waals surface area contributed by atoms with Gasteiger partial charge in [0.05, 0.1) is 5.69 Å². The minimum absolute atomic E-state index is 0.201. The van der Waals surface area contributed by atoms with E-state index in [0.29, 0.717) is 23.8 Å². The number of carbonyl (C=O) groups is 2. The zero-order valence-corrected chi connectivity index (χ0v) is 16.3. The monoisotopic (exact) mass is 377 g/mol. The number of benzene rings is 1. The van der Waals surface area contributed by atoms with Crippen LogP contribution in [0.25, 0.3) is 0 Å². The zero-order chi connectivity index (χ0) is 19.3. The number of halogens is 1. The van der Waals surface area contributed by atoms with Gasteiger partial charge in [0.25, 0.3) is 5.91 Å². The van der Waals surface area contributed by atoms with Crippen LogP contribution in [0.4, 0.5) is 5.69 Å². The maximum absolute atomic E-state index is 12.3. The molecule has 140 valence electrons. The summed E-state index contributed by atoms with van der Waals surface area (Å²) in [5.41, 5.74) is 2.52. The molecule has 0 unspecified atom stereocenters. The second-order valence-corrected chi connectivity index (χ2v) is 6.86. The van der Waals surface area contributed by atoms with Crippen molar-refractivity contribution in [3.63, 3.8) is 0 Å². The first-order valence-corrected chi connectivity index (χ1v) is 8.98. The number of aryl methyl sites for hydroxylation is 2. The topological polar surface area (TPSA) is 73.2 Å². The third kappa shape index (κ3) is 5.08. The van der Waals surface area contributed by atoms with Crippen molar-refractivity contribution in [3.05, 3.63) is 46.2 Å². The third-order valence-corrected chi connectivity index (χ3v) is 4.17. The molecule has 0 aliphatic rings. The number of hydrogen-bond acceptors (Lipinski definition) is 4. The van der Waals surface area contributed by atoms with E-state index in [1.165, 1.54) is 5.56 Å². The largest absolute Gasteiger partial charge is 0.452 e. The highest BCUT2D eigenvalue weighted by Gasteiger charge is 2.22. The molecule has 1 aromatic carbocycles. The van der Waals surface area contributed by atoms with Gasteiger partial charge in [0, 0.05) is 12.2 Å². The Balaban J connectivity index is 1.95. The number of carbonyl (C=O) groups excluding carboxylic acids is 2. The van der Waals surface area contributed by atoms with E-state index in [9.17, 15) is 9.59 Å². The molecule has 26 heavy (non-hydrogen) atoms. The molecule has 0 saturated heterocycles. The summed E-state index contributed by atoms with van der Waals surface area (Å²) in [5.74, 6) is -0.731. The quantitative estimate of drug-likeness (QED) is 0.743. The Labute approximate surface area is 158 Å². The highest BCUT2D eigenvalue weighted by Crippen LogP contribution is 2.22. The zero-order valence-electron chi connectivity index (χ0n) is 15.5. The first-order valence-electron chi connectivity index (χ1n) is 8.60. The summed E-state index contributed by atoms with van der Waals surface area (Å²) >= 11 is 6.24. The third-order valence-electron chi connectivity index (χ3n) is 3.79. The number of rotatable bonds is 7. The molecule has 6 nitrogen and oxygen atoms in total. The smallest absolute Gasteiger partial charge is 0.343 e. The first kappa shape index (κ1) is 20.0. The van der Waals surface area contributed by atoms with Crippen LogP contribution in [0.2, 0.25) is 5.15 Å². The van der Waals surface area contributed by atoms with Gasteiger partial charge < -0.3 is 10.1 Å². The predicted octanol–water partition coefficient (Wildman–Crippen LogP) is 3.86. The summed E-state index contributed by atoms with van der Waals surface area (Å²) in [5, 5.41) is 7.19. The van der Waals surface area contributed by atoms with Crippen LogP contribution in [-0.2, 0) is 22.5 Å². The van der Waals surface area contributed by atoms with Gasteiger partial charge in [-0.3, -0.25) is 9.48 Å². The summed E-state index contributed by atoms with van der Waals surface area (Å²) in [6.45, 7) is 8.02. The maximum Gasteiger partial charge on any atom is 0.343 e. The SMILES string of the molecule is CCc1ccc(NC(=O)COC(=O)c2c(C)nn(CC(C)C)c2Cl)cc1. The molecule has 0 fully saturated rings. The number of hydrogen-bond donors (Lipinski definition) is 1. The van der Waals surface area contributed by atoms with Gasteiger partial charge in [-0.15, -0.1) is 0 Å². The minimum Gasteiger partial charge on any atom is -0.452 e. The number of nitrogens with zero attached hydrogens (tertiary/aromatic N) is 2. The second-order valence-electron chi connectivity index (χ2n) is 6.50. The fourth-order valence-corrected chi connectivity index (χ4v) is 2.80. The van der Waals surface area contributed by atoms with Crippen LogP contribution in [0, 0.1) is 12.8 Å². The van der Waals surface area contributed by atoms with Crippen LogP contribution < -0.4 is 5.32 Å². The minimum atomic E-state index is -0.654. The Hall–Kier alpha value is -2.34. The Morgan fingerprint density at radius 2 is 1.92 bits per heavy atom. The molecule has 0 aliphatic heterocycles. The Morgan fingerprint density at radius 1 is 1.27 bits per heavy atom. The van der Waals surface area contributed by atoms with Crippen LogP contribution >= 0.6 is 11.6 Å². The van der Waals surface area contributed by atoms with Gasteiger partial charge in [0.15, 0.2) is 6.61 Å². The molecule has 1 amide bonds. The lowest BCUT2D eigenvalue weighted by atomic mass is 10.1. The molecule has 0 atom stereocenters. The number of aromatic nitrogens is 2. The molecule has 2 rings (SSSR count). The normalized spacial score (nSPS) is 10.8. The van der Waals surface area contributed by atoms with E-state index >= 15 is 0 Å². The van der Waals surface area contributed by atoms with Crippen molar-refractivity contribution in [2.24, 2.45) is 5.92 Å². The van der Waals surface area contributed by atoms with Crippen molar-refractivity contribution in [1.82, 2.24) is 9.78 Å². The lowest BCUT2D eigenvalue weighted by Crippen LogP contribution is -2.21. The fraction of sp³-hybridized carbons (Fsp3) is 0.421. The Morgan fingerprint density at radius 3 is 2.50 bits per heavy atom. The van der Waals surface area contributed by atoms with Crippen molar-refractivity contribution in [2.75, 3.05) is 11.9 Å². The van der Waals surface area contributed by atoms with Gasteiger partial charge in [-0.25, -0.2) is 4.79 Å². The first-order chi connectivity index (χ1) is 12.3. The highest BCUT2D eigenvalue weighted by atomic mass is 35.5. The molecule has 7 heteroatoms. The van der Waals surface area contributed by atoms with Crippen LogP contribution in [-0.4, -0.2) is 28.3 Å². The van der Waals surface area contributed by atoms with Gasteiger partial charge in [-0.05, 0) is 37.0 Å². The van der Waals surface area contributed by atoms with Crippen molar-refractivity contribution >= 4 is 29.2 Å². The van der Waals surface area contributed by atoms with Gasteiger partial charge in [-0.2, -0.15) is 5.10 Å². The molecule has 0 bridgehead atoms. The lowest BCUT2D eigenvalue weighted by molar-refractivity contribution is -0.119. The van der Waals surface area contributed by atoms with Crippen LogP contribution in [0.3, 0.4) is 0 Å². The maximum atomic E-state index is 12.3. The summed E-state index contributed by atoms with van der Waals surface area (Å²) in [4.78, 5) is 24.3. The summed E-state index contributed by atoms with van der Waals surface area (Å²) in [6, 6.07) is 7.51. The van der Waals surface area contributed by atoms with E-state index in [2.05, 4.69) is 17.3 Å². The number of esters is 1. The fourth-order valence-electron chi connectivity index (χ4n) is 2.48. The molecule has 0 spiro atoms. The summed E-state index contributed by atoms with van der Waals surface area (Å²) in [6.07, 6.45) is 0.927. The van der Waals surface area contributed by atoms with Crippen molar-refractivity contribution in [1.29, 1.82) is 0 Å². The van der Waals surface area contributed by atoms with Gasteiger partial charge in [0.1, 0.15) is 10.7 Å². The number of ether oxygens (including phenoxy) is 1. The standard InChI is InChI=1S/C19H24ClN3O3/c1-5-14-6-8-15(9-7-14)21-16(24)11-26-19(25)17-13(4)22-23(18(17)20)10-12(2)3/h6-9,12H,5,10-11H2,1-4H3,(H,21,24). The molecule has 1 N–H and O–H groups in total. The Bertz CT molecular complexity index is 782. The van der Waals surface area contributed by atoms with Crippen molar-refractivity contribution in [3.8, 4) is 0 Å². The van der Waals surface area contributed by atoms with Crippen LogP contribution in [0.15, 0.2) is 24.3 Å². The van der Waals surface area contributed by atoms with Crippen LogP contribution in [0.1, 0.15) is 42.4 Å².